The predicted molar refractivity (Wildman–Crippen MR) is 100 cm³/mol. The lowest BCUT2D eigenvalue weighted by Crippen LogP contribution is -2.43. The third kappa shape index (κ3) is 2.07. The summed E-state index contributed by atoms with van der Waals surface area (Å²) in [6, 6.07) is 4.47. The molecule has 4 aromatic rings. The zero-order chi connectivity index (χ0) is 16.3. The third-order valence-corrected chi connectivity index (χ3v) is 5.76. The van der Waals surface area contributed by atoms with Gasteiger partial charge in [-0.15, -0.1) is 11.3 Å². The standard InChI is InChI=1S/C16H13BrN6S/c17-13-3-9-10(7-23(8-4-19-5-8)12(9)6-20-13)14-15-11(1-2-24-15)21-16(18)22-14/h1-3,6-8,19H,4-5H2,(H2,18,21,22). The molecule has 0 spiro atoms. The van der Waals surface area contributed by atoms with Gasteiger partial charge < -0.3 is 15.6 Å². The van der Waals surface area contributed by atoms with E-state index in [1.807, 2.05) is 23.7 Å². The molecule has 1 saturated heterocycles. The molecule has 6 nitrogen and oxygen atoms in total. The summed E-state index contributed by atoms with van der Waals surface area (Å²) in [5.41, 5.74) is 9.91. The van der Waals surface area contributed by atoms with Gasteiger partial charge in [0.1, 0.15) is 4.60 Å². The highest BCUT2D eigenvalue weighted by atomic mass is 79.9. The summed E-state index contributed by atoms with van der Waals surface area (Å²) in [5, 5.41) is 6.47. The first-order chi connectivity index (χ1) is 11.7. The molecule has 8 heteroatoms. The second-order valence-electron chi connectivity index (χ2n) is 5.85. The van der Waals surface area contributed by atoms with E-state index in [0.717, 1.165) is 50.1 Å². The molecule has 120 valence electrons. The Hall–Kier alpha value is -2.03. The van der Waals surface area contributed by atoms with Crippen LogP contribution in [0.1, 0.15) is 6.04 Å². The number of pyridine rings is 1. The van der Waals surface area contributed by atoms with Crippen molar-refractivity contribution in [3.8, 4) is 11.3 Å². The predicted octanol–water partition coefficient (Wildman–Crippen LogP) is 3.20. The van der Waals surface area contributed by atoms with Crippen molar-refractivity contribution in [3.63, 3.8) is 0 Å². The summed E-state index contributed by atoms with van der Waals surface area (Å²) >= 11 is 5.12. The summed E-state index contributed by atoms with van der Waals surface area (Å²) in [6.07, 6.45) is 4.09. The van der Waals surface area contributed by atoms with Crippen LogP contribution in [0.4, 0.5) is 5.95 Å². The summed E-state index contributed by atoms with van der Waals surface area (Å²) in [5.74, 6) is 0.301. The Balaban J connectivity index is 1.85. The molecule has 4 aromatic heterocycles. The Kier molecular flexibility index (Phi) is 3.12. The molecular weight excluding hydrogens is 388 g/mol. The summed E-state index contributed by atoms with van der Waals surface area (Å²) in [7, 11) is 0. The summed E-state index contributed by atoms with van der Waals surface area (Å²) < 4.78 is 4.16. The molecule has 0 atom stereocenters. The van der Waals surface area contributed by atoms with Gasteiger partial charge in [0, 0.05) is 30.2 Å². The molecule has 0 radical (unpaired) electrons. The van der Waals surface area contributed by atoms with Crippen molar-refractivity contribution in [2.45, 2.75) is 6.04 Å². The molecule has 0 aliphatic carbocycles. The van der Waals surface area contributed by atoms with Gasteiger partial charge in [-0.2, -0.15) is 0 Å². The molecule has 24 heavy (non-hydrogen) atoms. The highest BCUT2D eigenvalue weighted by Crippen LogP contribution is 2.38. The zero-order valence-electron chi connectivity index (χ0n) is 12.5. The van der Waals surface area contributed by atoms with Crippen LogP contribution in [0.5, 0.6) is 0 Å². The second-order valence-corrected chi connectivity index (χ2v) is 7.58. The van der Waals surface area contributed by atoms with Gasteiger partial charge in [0.05, 0.1) is 33.7 Å². The molecule has 0 unspecified atom stereocenters. The van der Waals surface area contributed by atoms with Gasteiger partial charge in [-0.3, -0.25) is 0 Å². The van der Waals surface area contributed by atoms with E-state index in [9.17, 15) is 0 Å². The van der Waals surface area contributed by atoms with Gasteiger partial charge in [0.25, 0.3) is 0 Å². The topological polar surface area (TPSA) is 81.6 Å². The van der Waals surface area contributed by atoms with E-state index in [4.69, 9.17) is 5.73 Å². The van der Waals surface area contributed by atoms with Crippen LogP contribution in [0.25, 0.3) is 32.4 Å². The maximum absolute atomic E-state index is 5.94. The van der Waals surface area contributed by atoms with E-state index in [0.29, 0.717) is 12.0 Å². The number of halogens is 1. The molecule has 3 N–H and O–H groups in total. The monoisotopic (exact) mass is 400 g/mol. The van der Waals surface area contributed by atoms with Crippen LogP contribution in [0, 0.1) is 0 Å². The van der Waals surface area contributed by atoms with Crippen LogP contribution >= 0.6 is 27.3 Å². The van der Waals surface area contributed by atoms with Crippen LogP contribution in [0.15, 0.2) is 34.5 Å². The lowest BCUT2D eigenvalue weighted by atomic mass is 10.1. The van der Waals surface area contributed by atoms with E-state index >= 15 is 0 Å². The maximum Gasteiger partial charge on any atom is 0.221 e. The Labute approximate surface area is 149 Å². The number of nitrogens with two attached hydrogens (primary N) is 1. The van der Waals surface area contributed by atoms with Gasteiger partial charge in [-0.25, -0.2) is 15.0 Å². The van der Waals surface area contributed by atoms with E-state index in [-0.39, 0.29) is 0 Å². The van der Waals surface area contributed by atoms with Crippen molar-refractivity contribution in [3.05, 3.63) is 34.5 Å². The number of nitrogen functional groups attached to an aromatic ring is 1. The summed E-state index contributed by atoms with van der Waals surface area (Å²) in [4.78, 5) is 13.3. The molecular formula is C16H13BrN6S. The van der Waals surface area contributed by atoms with Gasteiger partial charge in [-0.05, 0) is 33.4 Å². The van der Waals surface area contributed by atoms with Gasteiger partial charge in [0.2, 0.25) is 5.95 Å². The highest BCUT2D eigenvalue weighted by molar-refractivity contribution is 9.10. The van der Waals surface area contributed by atoms with Gasteiger partial charge in [0.15, 0.2) is 0 Å². The first kappa shape index (κ1) is 14.3. The smallest absolute Gasteiger partial charge is 0.221 e. The van der Waals surface area contributed by atoms with Crippen molar-refractivity contribution < 1.29 is 0 Å². The molecule has 0 aromatic carbocycles. The van der Waals surface area contributed by atoms with Crippen molar-refractivity contribution in [1.82, 2.24) is 24.8 Å². The Morgan fingerprint density at radius 1 is 1.33 bits per heavy atom. The van der Waals surface area contributed by atoms with Crippen LogP contribution in [-0.4, -0.2) is 32.6 Å². The van der Waals surface area contributed by atoms with Gasteiger partial charge in [-0.1, -0.05) is 0 Å². The fourth-order valence-electron chi connectivity index (χ4n) is 3.15. The minimum absolute atomic E-state index is 0.301. The van der Waals surface area contributed by atoms with Crippen molar-refractivity contribution >= 4 is 54.3 Å². The average molecular weight is 401 g/mol. The quantitative estimate of drug-likeness (QED) is 0.504. The largest absolute Gasteiger partial charge is 0.368 e. The number of fused-ring (bicyclic) bond motifs is 2. The number of rotatable bonds is 2. The molecule has 0 saturated carbocycles. The number of anilines is 1. The lowest BCUT2D eigenvalue weighted by molar-refractivity contribution is 0.352. The number of aromatic nitrogens is 4. The molecule has 1 aliphatic rings. The molecule has 1 aliphatic heterocycles. The second kappa shape index (κ2) is 5.23. The number of thiophene rings is 1. The van der Waals surface area contributed by atoms with Crippen molar-refractivity contribution in [2.24, 2.45) is 0 Å². The number of hydrogen-bond acceptors (Lipinski definition) is 6. The first-order valence-electron chi connectivity index (χ1n) is 7.58. The Bertz CT molecular complexity index is 1080. The third-order valence-electron chi connectivity index (χ3n) is 4.42. The Morgan fingerprint density at radius 3 is 3.00 bits per heavy atom. The molecule has 1 fully saturated rings. The first-order valence-corrected chi connectivity index (χ1v) is 9.26. The molecule has 0 bridgehead atoms. The van der Waals surface area contributed by atoms with Crippen molar-refractivity contribution in [2.75, 3.05) is 18.8 Å². The van der Waals surface area contributed by atoms with E-state index in [1.54, 1.807) is 11.3 Å². The van der Waals surface area contributed by atoms with E-state index in [1.165, 1.54) is 0 Å². The fraction of sp³-hybridized carbons (Fsp3) is 0.188. The Morgan fingerprint density at radius 2 is 2.21 bits per heavy atom. The minimum atomic E-state index is 0.301. The lowest BCUT2D eigenvalue weighted by Gasteiger charge is -2.29. The van der Waals surface area contributed by atoms with Crippen LogP contribution in [-0.2, 0) is 0 Å². The SMILES string of the molecule is Nc1nc(-c2cn(C3CNC3)c3cnc(Br)cc23)c2sccc2n1. The molecule has 5 rings (SSSR count). The van der Waals surface area contributed by atoms with Crippen LogP contribution < -0.4 is 11.1 Å². The highest BCUT2D eigenvalue weighted by Gasteiger charge is 2.24. The summed E-state index contributed by atoms with van der Waals surface area (Å²) in [6.45, 7) is 1.94. The van der Waals surface area contributed by atoms with E-state index in [2.05, 4.69) is 47.0 Å². The van der Waals surface area contributed by atoms with Crippen LogP contribution in [0.2, 0.25) is 0 Å². The van der Waals surface area contributed by atoms with Gasteiger partial charge >= 0.3 is 0 Å². The molecule has 5 heterocycles. The number of nitrogens with one attached hydrogen (secondary N) is 1. The van der Waals surface area contributed by atoms with Crippen molar-refractivity contribution in [1.29, 1.82) is 0 Å². The number of nitrogens with zero attached hydrogens (tertiary/aromatic N) is 4. The normalized spacial score (nSPS) is 15.2. The molecule has 0 amide bonds. The van der Waals surface area contributed by atoms with E-state index < -0.39 is 0 Å². The fourth-order valence-corrected chi connectivity index (χ4v) is 4.31. The average Bonchev–Trinajstić information content (AvgIpc) is 3.09. The zero-order valence-corrected chi connectivity index (χ0v) is 14.9. The van der Waals surface area contributed by atoms with Crippen LogP contribution in [0.3, 0.4) is 0 Å². The maximum atomic E-state index is 5.94. The minimum Gasteiger partial charge on any atom is -0.368 e. The number of hydrogen-bond donors (Lipinski definition) is 2.